The maximum absolute atomic E-state index is 13.1. The van der Waals surface area contributed by atoms with Crippen molar-refractivity contribution in [2.45, 2.75) is 56.4 Å². The van der Waals surface area contributed by atoms with Crippen LogP contribution < -0.4 is 0 Å². The summed E-state index contributed by atoms with van der Waals surface area (Å²) in [6.45, 7) is 3.73. The number of carbonyl (C=O) groups is 2. The van der Waals surface area contributed by atoms with E-state index in [1.165, 1.54) is 17.5 Å². The molecule has 1 heterocycles. The molecule has 0 aromatic heterocycles. The molecular weight excluding hydrogens is 428 g/mol. The summed E-state index contributed by atoms with van der Waals surface area (Å²) in [5.41, 5.74) is 2.62. The van der Waals surface area contributed by atoms with Crippen LogP contribution in [0.3, 0.4) is 0 Å². The van der Waals surface area contributed by atoms with Gasteiger partial charge in [0.05, 0.1) is 5.75 Å². The molecule has 1 atom stereocenters. The van der Waals surface area contributed by atoms with Crippen LogP contribution in [0.25, 0.3) is 0 Å². The predicted octanol–water partition coefficient (Wildman–Crippen LogP) is 5.20. The largest absolute Gasteiger partial charge is 0.342 e. The highest BCUT2D eigenvalue weighted by Gasteiger charge is 2.36. The summed E-state index contributed by atoms with van der Waals surface area (Å²) in [7, 11) is 2.01. The lowest BCUT2D eigenvalue weighted by Crippen LogP contribution is -2.50. The van der Waals surface area contributed by atoms with Gasteiger partial charge in [-0.25, -0.2) is 0 Å². The second kappa shape index (κ2) is 11.2. The molecule has 0 spiro atoms. The molecule has 1 aliphatic heterocycles. The third-order valence-electron chi connectivity index (χ3n) is 7.53. The molecule has 1 saturated heterocycles. The Labute approximate surface area is 202 Å². The van der Waals surface area contributed by atoms with Crippen molar-refractivity contribution in [1.29, 1.82) is 0 Å². The van der Waals surface area contributed by atoms with Crippen LogP contribution in [0.2, 0.25) is 0 Å². The van der Waals surface area contributed by atoms with Crippen LogP contribution in [-0.4, -0.2) is 53.5 Å². The minimum absolute atomic E-state index is 0.190. The number of carbonyl (C=O) groups excluding carboxylic acids is 2. The van der Waals surface area contributed by atoms with Gasteiger partial charge in [0.25, 0.3) is 0 Å². The van der Waals surface area contributed by atoms with E-state index in [1.807, 2.05) is 30.1 Å². The number of nitrogens with zero attached hydrogens (tertiary/aromatic N) is 2. The number of likely N-dealkylation sites (tertiary alicyclic amines) is 1. The molecule has 176 valence electrons. The molecule has 0 radical (unpaired) electrons. The van der Waals surface area contributed by atoms with Crippen molar-refractivity contribution in [3.05, 3.63) is 65.7 Å². The van der Waals surface area contributed by atoms with Crippen LogP contribution in [0.1, 0.15) is 43.2 Å². The molecule has 2 aromatic carbocycles. The fraction of sp³-hybridized carbons (Fsp3) is 0.500. The molecule has 2 amide bonds. The Bertz CT molecular complexity index is 936. The lowest BCUT2D eigenvalue weighted by Gasteiger charge is -2.42. The Morgan fingerprint density at radius 3 is 2.30 bits per heavy atom. The maximum atomic E-state index is 13.1. The number of amides is 2. The standard InChI is InChI=1S/C28H36N2O2S/c1-21-9-6-7-10-24(21)19-26(29(2)28(32)23-11-8-12-23)22-15-17-30(18-16-22)27(31)20-33-25-13-4-3-5-14-25/h3-7,9-10,13-14,22-23,26H,8,11-12,15-20H2,1-2H3. The first-order valence-corrected chi connectivity index (χ1v) is 13.3. The highest BCUT2D eigenvalue weighted by Crippen LogP contribution is 2.33. The summed E-state index contributed by atoms with van der Waals surface area (Å²) in [4.78, 5) is 31.2. The van der Waals surface area contributed by atoms with Gasteiger partial charge in [-0.1, -0.05) is 48.9 Å². The minimum atomic E-state index is 0.190. The summed E-state index contributed by atoms with van der Waals surface area (Å²) in [5, 5.41) is 0. The van der Waals surface area contributed by atoms with E-state index in [4.69, 9.17) is 0 Å². The van der Waals surface area contributed by atoms with Crippen molar-refractivity contribution in [2.24, 2.45) is 11.8 Å². The topological polar surface area (TPSA) is 40.6 Å². The van der Waals surface area contributed by atoms with Crippen molar-refractivity contribution < 1.29 is 9.59 Å². The Morgan fingerprint density at radius 2 is 1.67 bits per heavy atom. The molecule has 0 N–H and O–H groups in total. The third-order valence-corrected chi connectivity index (χ3v) is 8.53. The van der Waals surface area contributed by atoms with Crippen molar-refractivity contribution in [1.82, 2.24) is 9.80 Å². The monoisotopic (exact) mass is 464 g/mol. The fourth-order valence-electron chi connectivity index (χ4n) is 5.08. The number of benzene rings is 2. The van der Waals surface area contributed by atoms with Crippen LogP contribution in [0.15, 0.2) is 59.5 Å². The van der Waals surface area contributed by atoms with Gasteiger partial charge in [-0.15, -0.1) is 11.8 Å². The van der Waals surface area contributed by atoms with E-state index in [0.717, 1.165) is 50.1 Å². The molecule has 1 saturated carbocycles. The molecule has 1 unspecified atom stereocenters. The van der Waals surface area contributed by atoms with E-state index in [-0.39, 0.29) is 17.9 Å². The van der Waals surface area contributed by atoms with Crippen LogP contribution >= 0.6 is 11.8 Å². The number of thioether (sulfide) groups is 1. The number of rotatable bonds is 8. The SMILES string of the molecule is Cc1ccccc1CC(C1CCN(C(=O)CSc2ccccc2)CC1)N(C)C(=O)C1CCC1. The zero-order valence-corrected chi connectivity index (χ0v) is 20.7. The zero-order valence-electron chi connectivity index (χ0n) is 19.9. The average Bonchev–Trinajstić information content (AvgIpc) is 2.81. The number of aryl methyl sites for hydroxylation is 1. The molecule has 0 bridgehead atoms. The van der Waals surface area contributed by atoms with Gasteiger partial charge >= 0.3 is 0 Å². The normalized spacial score (nSPS) is 17.9. The number of hydrogen-bond acceptors (Lipinski definition) is 3. The number of likely N-dealkylation sites (N-methyl/N-ethyl adjacent to an activating group) is 1. The summed E-state index contributed by atoms with van der Waals surface area (Å²) < 4.78 is 0. The molecule has 33 heavy (non-hydrogen) atoms. The molecule has 2 fully saturated rings. The third kappa shape index (κ3) is 6.00. The van der Waals surface area contributed by atoms with Gasteiger partial charge in [0.15, 0.2) is 0 Å². The average molecular weight is 465 g/mol. The summed E-state index contributed by atoms with van der Waals surface area (Å²) in [6.07, 6.45) is 6.05. The first-order valence-electron chi connectivity index (χ1n) is 12.3. The Hall–Kier alpha value is -2.27. The molecule has 5 heteroatoms. The molecule has 2 aromatic rings. The van der Waals surface area contributed by atoms with Crippen molar-refractivity contribution in [2.75, 3.05) is 25.9 Å². The first kappa shape index (κ1) is 23.9. The number of hydrogen-bond donors (Lipinski definition) is 0. The van der Waals surface area contributed by atoms with Gasteiger partial charge in [-0.2, -0.15) is 0 Å². The van der Waals surface area contributed by atoms with Crippen LogP contribution in [-0.2, 0) is 16.0 Å². The van der Waals surface area contributed by atoms with E-state index >= 15 is 0 Å². The molecule has 4 nitrogen and oxygen atoms in total. The molecule has 2 aliphatic rings. The Morgan fingerprint density at radius 1 is 1.00 bits per heavy atom. The van der Waals surface area contributed by atoms with Gasteiger partial charge in [-0.05, 0) is 68.2 Å². The van der Waals surface area contributed by atoms with Crippen LogP contribution in [0.4, 0.5) is 0 Å². The number of piperidine rings is 1. The molecule has 4 rings (SSSR count). The van der Waals surface area contributed by atoms with E-state index in [2.05, 4.69) is 48.2 Å². The fourth-order valence-corrected chi connectivity index (χ4v) is 5.90. The van der Waals surface area contributed by atoms with Gasteiger partial charge in [0.1, 0.15) is 0 Å². The lowest BCUT2D eigenvalue weighted by atomic mass is 9.81. The smallest absolute Gasteiger partial charge is 0.232 e. The Kier molecular flexibility index (Phi) is 8.13. The minimum Gasteiger partial charge on any atom is -0.342 e. The van der Waals surface area contributed by atoms with Gasteiger partial charge in [-0.3, -0.25) is 9.59 Å². The zero-order chi connectivity index (χ0) is 23.2. The summed E-state index contributed by atoms with van der Waals surface area (Å²) in [5.74, 6) is 1.66. The molecular formula is C28H36N2O2S. The van der Waals surface area contributed by atoms with Crippen LogP contribution in [0.5, 0.6) is 0 Å². The highest BCUT2D eigenvalue weighted by atomic mass is 32.2. The van der Waals surface area contributed by atoms with E-state index in [0.29, 0.717) is 17.6 Å². The maximum Gasteiger partial charge on any atom is 0.232 e. The van der Waals surface area contributed by atoms with Gasteiger partial charge in [0, 0.05) is 37.0 Å². The summed E-state index contributed by atoms with van der Waals surface area (Å²) >= 11 is 1.61. The van der Waals surface area contributed by atoms with E-state index in [1.54, 1.807) is 11.8 Å². The van der Waals surface area contributed by atoms with Gasteiger partial charge < -0.3 is 9.80 Å². The summed E-state index contributed by atoms with van der Waals surface area (Å²) in [6, 6.07) is 18.8. The Balaban J connectivity index is 1.38. The first-order chi connectivity index (χ1) is 16.0. The van der Waals surface area contributed by atoms with Gasteiger partial charge in [0.2, 0.25) is 11.8 Å². The lowest BCUT2D eigenvalue weighted by molar-refractivity contribution is -0.141. The second-order valence-corrected chi connectivity index (χ2v) is 10.6. The highest BCUT2D eigenvalue weighted by molar-refractivity contribution is 8.00. The van der Waals surface area contributed by atoms with E-state index < -0.39 is 0 Å². The predicted molar refractivity (Wildman–Crippen MR) is 135 cm³/mol. The molecule has 1 aliphatic carbocycles. The second-order valence-electron chi connectivity index (χ2n) is 9.59. The quantitative estimate of drug-likeness (QED) is 0.505. The van der Waals surface area contributed by atoms with Crippen molar-refractivity contribution >= 4 is 23.6 Å². The van der Waals surface area contributed by atoms with E-state index in [9.17, 15) is 9.59 Å². The van der Waals surface area contributed by atoms with Crippen LogP contribution in [0, 0.1) is 18.8 Å². The van der Waals surface area contributed by atoms with Crippen molar-refractivity contribution in [3.8, 4) is 0 Å². The van der Waals surface area contributed by atoms with Crippen molar-refractivity contribution in [3.63, 3.8) is 0 Å².